The molecule has 1 fully saturated rings. The topological polar surface area (TPSA) is 46.3 Å². The second kappa shape index (κ2) is 6.79. The van der Waals surface area contributed by atoms with E-state index in [9.17, 15) is 4.79 Å². The molecular formula is C15H20Cl2N2O. The number of halogens is 2. The van der Waals surface area contributed by atoms with E-state index in [0.29, 0.717) is 16.6 Å². The van der Waals surface area contributed by atoms with E-state index in [0.717, 1.165) is 31.2 Å². The van der Waals surface area contributed by atoms with Crippen LogP contribution >= 0.6 is 23.2 Å². The average molecular weight is 315 g/mol. The first kappa shape index (κ1) is 15.6. The van der Waals surface area contributed by atoms with Crippen LogP contribution in [0.25, 0.3) is 0 Å². The third-order valence-electron chi connectivity index (χ3n) is 3.86. The highest BCUT2D eigenvalue weighted by molar-refractivity contribution is 6.35. The summed E-state index contributed by atoms with van der Waals surface area (Å²) in [6, 6.07) is 5.51. The monoisotopic (exact) mass is 314 g/mol. The fraction of sp³-hybridized carbons (Fsp3) is 0.533. The predicted octanol–water partition coefficient (Wildman–Crippen LogP) is 3.47. The molecule has 0 spiro atoms. The van der Waals surface area contributed by atoms with Crippen molar-refractivity contribution in [1.82, 2.24) is 4.90 Å². The summed E-state index contributed by atoms with van der Waals surface area (Å²) >= 11 is 12.0. The van der Waals surface area contributed by atoms with Gasteiger partial charge in [0.25, 0.3) is 0 Å². The number of carbonyl (C=O) groups excluding carboxylic acids is 1. The number of amides is 1. The lowest BCUT2D eigenvalue weighted by molar-refractivity contribution is -0.135. The molecule has 20 heavy (non-hydrogen) atoms. The lowest BCUT2D eigenvalue weighted by atomic mass is 9.85. The lowest BCUT2D eigenvalue weighted by Gasteiger charge is -2.29. The van der Waals surface area contributed by atoms with Crippen molar-refractivity contribution < 1.29 is 4.79 Å². The minimum Gasteiger partial charge on any atom is -0.341 e. The summed E-state index contributed by atoms with van der Waals surface area (Å²) in [5, 5.41) is 1.20. The zero-order valence-electron chi connectivity index (χ0n) is 11.6. The van der Waals surface area contributed by atoms with Gasteiger partial charge in [0.2, 0.25) is 5.91 Å². The Bertz CT molecular complexity index is 493. The summed E-state index contributed by atoms with van der Waals surface area (Å²) in [4.78, 5) is 14.2. The first-order valence-corrected chi connectivity index (χ1v) is 7.67. The molecule has 1 aliphatic rings. The summed E-state index contributed by atoms with van der Waals surface area (Å²) in [5.41, 5.74) is 6.86. The fourth-order valence-corrected chi connectivity index (χ4v) is 3.22. The zero-order chi connectivity index (χ0) is 14.7. The molecule has 2 rings (SSSR count). The summed E-state index contributed by atoms with van der Waals surface area (Å²) < 4.78 is 0. The van der Waals surface area contributed by atoms with E-state index in [-0.39, 0.29) is 17.9 Å². The van der Waals surface area contributed by atoms with Crippen molar-refractivity contribution in [2.75, 3.05) is 7.05 Å². The normalized spacial score (nSPS) is 22.6. The van der Waals surface area contributed by atoms with Crippen LogP contribution in [0.1, 0.15) is 31.2 Å². The van der Waals surface area contributed by atoms with Crippen LogP contribution in [0.2, 0.25) is 10.0 Å². The van der Waals surface area contributed by atoms with Crippen molar-refractivity contribution in [2.45, 2.75) is 38.3 Å². The maximum Gasteiger partial charge on any atom is 0.225 e. The van der Waals surface area contributed by atoms with Gasteiger partial charge in [0.1, 0.15) is 0 Å². The third-order valence-corrected chi connectivity index (χ3v) is 4.45. The van der Waals surface area contributed by atoms with E-state index in [4.69, 9.17) is 28.9 Å². The Labute approximate surface area is 130 Å². The SMILES string of the molecule is CN(Cc1ccc(Cl)cc1Cl)C(=O)C1CCCC(N)C1. The Morgan fingerprint density at radius 1 is 1.40 bits per heavy atom. The van der Waals surface area contributed by atoms with Gasteiger partial charge >= 0.3 is 0 Å². The van der Waals surface area contributed by atoms with Gasteiger partial charge in [-0.25, -0.2) is 0 Å². The number of nitrogens with two attached hydrogens (primary N) is 1. The van der Waals surface area contributed by atoms with Gasteiger partial charge < -0.3 is 10.6 Å². The van der Waals surface area contributed by atoms with Gasteiger partial charge in [0, 0.05) is 35.6 Å². The van der Waals surface area contributed by atoms with Crippen LogP contribution in [0, 0.1) is 5.92 Å². The van der Waals surface area contributed by atoms with Crippen molar-refractivity contribution in [1.29, 1.82) is 0 Å². The molecule has 0 bridgehead atoms. The second-order valence-corrected chi connectivity index (χ2v) is 6.40. The lowest BCUT2D eigenvalue weighted by Crippen LogP contribution is -2.38. The number of rotatable bonds is 3. The molecule has 2 N–H and O–H groups in total. The Morgan fingerprint density at radius 2 is 2.15 bits per heavy atom. The van der Waals surface area contributed by atoms with Gasteiger partial charge in [-0.3, -0.25) is 4.79 Å². The molecule has 0 radical (unpaired) electrons. The fourth-order valence-electron chi connectivity index (χ4n) is 2.75. The van der Waals surface area contributed by atoms with Gasteiger partial charge in [0.15, 0.2) is 0 Å². The second-order valence-electron chi connectivity index (χ2n) is 5.55. The van der Waals surface area contributed by atoms with E-state index in [1.165, 1.54) is 0 Å². The van der Waals surface area contributed by atoms with E-state index >= 15 is 0 Å². The smallest absolute Gasteiger partial charge is 0.225 e. The molecule has 1 aromatic rings. The zero-order valence-corrected chi connectivity index (χ0v) is 13.1. The van der Waals surface area contributed by atoms with Crippen molar-refractivity contribution >= 4 is 29.1 Å². The van der Waals surface area contributed by atoms with Crippen molar-refractivity contribution in [3.8, 4) is 0 Å². The molecule has 1 amide bonds. The van der Waals surface area contributed by atoms with E-state index in [2.05, 4.69) is 0 Å². The molecule has 110 valence electrons. The van der Waals surface area contributed by atoms with Crippen LogP contribution in [-0.2, 0) is 11.3 Å². The van der Waals surface area contributed by atoms with E-state index in [1.54, 1.807) is 17.0 Å². The molecule has 0 aromatic heterocycles. The molecule has 1 aromatic carbocycles. The maximum atomic E-state index is 12.4. The highest BCUT2D eigenvalue weighted by Crippen LogP contribution is 2.26. The van der Waals surface area contributed by atoms with Crippen LogP contribution in [0.4, 0.5) is 0 Å². The molecule has 2 atom stereocenters. The quantitative estimate of drug-likeness (QED) is 0.928. The molecule has 0 heterocycles. The van der Waals surface area contributed by atoms with Crippen LogP contribution in [0.5, 0.6) is 0 Å². The molecule has 0 saturated heterocycles. The summed E-state index contributed by atoms with van der Waals surface area (Å²) in [5.74, 6) is 0.209. The average Bonchev–Trinajstić information content (AvgIpc) is 2.41. The third kappa shape index (κ3) is 3.87. The predicted molar refractivity (Wildman–Crippen MR) is 82.9 cm³/mol. The van der Waals surface area contributed by atoms with Gasteiger partial charge in [-0.05, 0) is 37.0 Å². The summed E-state index contributed by atoms with van der Waals surface area (Å²) in [6.07, 6.45) is 3.78. The molecule has 0 aliphatic heterocycles. The number of hydrogen-bond acceptors (Lipinski definition) is 2. The number of carbonyl (C=O) groups is 1. The number of benzene rings is 1. The Balaban J connectivity index is 2.00. The minimum absolute atomic E-state index is 0.0508. The van der Waals surface area contributed by atoms with E-state index < -0.39 is 0 Å². The van der Waals surface area contributed by atoms with Crippen LogP contribution < -0.4 is 5.73 Å². The summed E-state index contributed by atoms with van der Waals surface area (Å²) in [7, 11) is 1.81. The Morgan fingerprint density at radius 3 is 2.80 bits per heavy atom. The van der Waals surface area contributed by atoms with E-state index in [1.807, 2.05) is 13.1 Å². The number of hydrogen-bond donors (Lipinski definition) is 1. The highest BCUT2D eigenvalue weighted by Gasteiger charge is 2.27. The van der Waals surface area contributed by atoms with Gasteiger partial charge in [-0.2, -0.15) is 0 Å². The molecular weight excluding hydrogens is 295 g/mol. The Kier molecular flexibility index (Phi) is 5.30. The largest absolute Gasteiger partial charge is 0.341 e. The maximum absolute atomic E-state index is 12.4. The van der Waals surface area contributed by atoms with Crippen LogP contribution in [0.3, 0.4) is 0 Å². The van der Waals surface area contributed by atoms with Crippen molar-refractivity contribution in [3.05, 3.63) is 33.8 Å². The van der Waals surface area contributed by atoms with Gasteiger partial charge in [0.05, 0.1) is 0 Å². The van der Waals surface area contributed by atoms with Crippen LogP contribution in [-0.4, -0.2) is 23.9 Å². The minimum atomic E-state index is 0.0508. The van der Waals surface area contributed by atoms with Gasteiger partial charge in [-0.15, -0.1) is 0 Å². The first-order valence-electron chi connectivity index (χ1n) is 6.92. The molecule has 5 heteroatoms. The molecule has 1 saturated carbocycles. The molecule has 1 aliphatic carbocycles. The van der Waals surface area contributed by atoms with Gasteiger partial charge in [-0.1, -0.05) is 35.7 Å². The first-order chi connectivity index (χ1) is 9.47. The van der Waals surface area contributed by atoms with Crippen LogP contribution in [0.15, 0.2) is 18.2 Å². The van der Waals surface area contributed by atoms with Crippen molar-refractivity contribution in [2.24, 2.45) is 11.7 Å². The molecule has 3 nitrogen and oxygen atoms in total. The molecule has 2 unspecified atom stereocenters. The Hall–Kier alpha value is -0.770. The summed E-state index contributed by atoms with van der Waals surface area (Å²) in [6.45, 7) is 0.501. The highest BCUT2D eigenvalue weighted by atomic mass is 35.5. The van der Waals surface area contributed by atoms with Crippen molar-refractivity contribution in [3.63, 3.8) is 0 Å². The standard InChI is InChI=1S/C15H20Cl2N2O/c1-19(9-11-5-6-12(16)8-14(11)17)15(20)10-3-2-4-13(18)7-10/h5-6,8,10,13H,2-4,7,9,18H2,1H3. The number of nitrogens with zero attached hydrogens (tertiary/aromatic N) is 1.